The van der Waals surface area contributed by atoms with Crippen LogP contribution in [-0.4, -0.2) is 46.1 Å². The van der Waals surface area contributed by atoms with E-state index in [1.165, 1.54) is 36.9 Å². The Kier molecular flexibility index (Phi) is 11.6. The van der Waals surface area contributed by atoms with Crippen molar-refractivity contribution in [2.45, 2.75) is 6.54 Å². The van der Waals surface area contributed by atoms with Crippen molar-refractivity contribution in [3.8, 4) is 22.8 Å². The fraction of sp³-hybridized carbons (Fsp3) is 0.0857. The standard InChI is InChI=1S/C21H14Cl3N3O2S.C14H8Cl2N2O2S/c1-29-21(28)13-5-3-12(4-6-13)18-26-19(14-9-17(24)30-20(14)27-18)25-10-11-2-7-15(22)16(23)8-11;1-20-14(19)8-4-2-7(3-5-8)12-17-11(16)9-6-10(15)21-13(9)18-12/h2-9H,10H2,1H3,(H,25,26,27);2-6H,1H3. The van der Waals surface area contributed by atoms with E-state index in [0.717, 1.165) is 37.1 Å². The summed E-state index contributed by atoms with van der Waals surface area (Å²) in [6.07, 6.45) is 0. The molecule has 3 aromatic carbocycles. The second kappa shape index (κ2) is 16.1. The molecule has 0 saturated heterocycles. The molecule has 0 aliphatic heterocycles. The van der Waals surface area contributed by atoms with Gasteiger partial charge >= 0.3 is 11.9 Å². The number of hydrogen-bond acceptors (Lipinski definition) is 11. The van der Waals surface area contributed by atoms with Gasteiger partial charge in [0.15, 0.2) is 11.6 Å². The van der Waals surface area contributed by atoms with E-state index in [4.69, 9.17) is 62.7 Å². The molecule has 0 radical (unpaired) electrons. The lowest BCUT2D eigenvalue weighted by atomic mass is 10.1. The van der Waals surface area contributed by atoms with E-state index in [1.54, 1.807) is 60.7 Å². The third-order valence-corrected chi connectivity index (χ3v) is 10.6. The van der Waals surface area contributed by atoms with Gasteiger partial charge in [-0.05, 0) is 54.1 Å². The summed E-state index contributed by atoms with van der Waals surface area (Å²) in [5.41, 5.74) is 3.41. The molecule has 0 bridgehead atoms. The maximum atomic E-state index is 11.7. The average Bonchev–Trinajstić information content (AvgIpc) is 3.72. The molecule has 4 aromatic heterocycles. The molecule has 7 rings (SSSR count). The van der Waals surface area contributed by atoms with Crippen LogP contribution in [0.2, 0.25) is 23.9 Å². The van der Waals surface area contributed by atoms with Crippen LogP contribution in [0.3, 0.4) is 0 Å². The highest BCUT2D eigenvalue weighted by molar-refractivity contribution is 7.22. The Morgan fingerprint density at radius 1 is 0.627 bits per heavy atom. The van der Waals surface area contributed by atoms with Crippen molar-refractivity contribution in [3.05, 3.63) is 119 Å². The zero-order valence-corrected chi connectivity index (χ0v) is 31.8. The van der Waals surface area contributed by atoms with E-state index >= 15 is 0 Å². The predicted octanol–water partition coefficient (Wildman–Crippen LogP) is 11.2. The molecule has 0 aliphatic rings. The topological polar surface area (TPSA) is 116 Å². The first-order valence-corrected chi connectivity index (χ1v) is 18.2. The summed E-state index contributed by atoms with van der Waals surface area (Å²) in [5.74, 6) is 0.880. The van der Waals surface area contributed by atoms with Crippen LogP contribution in [0.5, 0.6) is 0 Å². The van der Waals surface area contributed by atoms with Gasteiger partial charge in [-0.1, -0.05) is 88.3 Å². The Morgan fingerprint density at radius 2 is 1.14 bits per heavy atom. The highest BCUT2D eigenvalue weighted by atomic mass is 35.5. The van der Waals surface area contributed by atoms with Crippen LogP contribution in [-0.2, 0) is 16.0 Å². The number of benzene rings is 3. The van der Waals surface area contributed by atoms with Gasteiger partial charge in [-0.25, -0.2) is 29.5 Å². The van der Waals surface area contributed by atoms with Crippen LogP contribution < -0.4 is 5.32 Å². The first kappa shape index (κ1) is 36.7. The fourth-order valence-corrected chi connectivity index (χ4v) is 7.50. The van der Waals surface area contributed by atoms with Crippen molar-refractivity contribution >= 4 is 119 Å². The lowest BCUT2D eigenvalue weighted by Crippen LogP contribution is -2.04. The number of methoxy groups -OCH3 is 2. The van der Waals surface area contributed by atoms with Gasteiger partial charge in [-0.3, -0.25) is 0 Å². The molecule has 51 heavy (non-hydrogen) atoms. The fourth-order valence-electron chi connectivity index (χ4n) is 4.72. The zero-order valence-electron chi connectivity index (χ0n) is 26.3. The molecule has 0 aliphatic carbocycles. The Hall–Kier alpha value is -4.07. The Bertz CT molecular complexity index is 2400. The van der Waals surface area contributed by atoms with Gasteiger partial charge < -0.3 is 14.8 Å². The minimum atomic E-state index is -0.396. The van der Waals surface area contributed by atoms with Crippen LogP contribution in [0.1, 0.15) is 26.3 Å². The molecular weight excluding hydrogens is 796 g/mol. The molecule has 0 spiro atoms. The van der Waals surface area contributed by atoms with Gasteiger partial charge in [-0.15, -0.1) is 22.7 Å². The quantitative estimate of drug-likeness (QED) is 0.124. The van der Waals surface area contributed by atoms with E-state index in [2.05, 4.69) is 30.0 Å². The molecule has 0 saturated carbocycles. The molecular formula is C35H22Cl5N5O4S2. The lowest BCUT2D eigenvalue weighted by Gasteiger charge is -2.10. The van der Waals surface area contributed by atoms with E-state index < -0.39 is 5.97 Å². The number of thiophene rings is 2. The minimum absolute atomic E-state index is 0.357. The summed E-state index contributed by atoms with van der Waals surface area (Å²) in [6, 6.07) is 22.8. The third kappa shape index (κ3) is 8.53. The number of ether oxygens (including phenoxy) is 2. The monoisotopic (exact) mass is 815 g/mol. The Morgan fingerprint density at radius 3 is 1.67 bits per heavy atom. The Balaban J connectivity index is 0.000000187. The van der Waals surface area contributed by atoms with Gasteiger partial charge in [0.25, 0.3) is 0 Å². The predicted molar refractivity (Wildman–Crippen MR) is 207 cm³/mol. The smallest absolute Gasteiger partial charge is 0.337 e. The summed E-state index contributed by atoms with van der Waals surface area (Å²) in [7, 11) is 2.69. The maximum absolute atomic E-state index is 11.7. The first-order chi connectivity index (χ1) is 24.5. The van der Waals surface area contributed by atoms with E-state index in [1.807, 2.05) is 18.2 Å². The molecule has 16 heteroatoms. The zero-order chi connectivity index (χ0) is 36.2. The molecule has 0 fully saturated rings. The number of rotatable bonds is 7. The van der Waals surface area contributed by atoms with Gasteiger partial charge in [0.1, 0.15) is 20.6 Å². The summed E-state index contributed by atoms with van der Waals surface area (Å²) in [5, 5.41) is 6.26. The van der Waals surface area contributed by atoms with Crippen molar-refractivity contribution in [1.29, 1.82) is 0 Å². The maximum Gasteiger partial charge on any atom is 0.337 e. The van der Waals surface area contributed by atoms with Crippen LogP contribution in [0.25, 0.3) is 43.2 Å². The van der Waals surface area contributed by atoms with Crippen molar-refractivity contribution in [3.63, 3.8) is 0 Å². The molecule has 0 atom stereocenters. The number of carbonyl (C=O) groups is 2. The third-order valence-electron chi connectivity index (χ3n) is 7.25. The van der Waals surface area contributed by atoms with Crippen LogP contribution in [0, 0.1) is 0 Å². The number of nitrogens with zero attached hydrogens (tertiary/aromatic N) is 4. The second-order valence-corrected chi connectivity index (χ2v) is 15.0. The molecule has 0 amide bonds. The molecule has 4 heterocycles. The van der Waals surface area contributed by atoms with Gasteiger partial charge in [0.2, 0.25) is 0 Å². The number of hydrogen-bond donors (Lipinski definition) is 1. The SMILES string of the molecule is COC(=O)c1ccc(-c2nc(Cl)c3cc(Cl)sc3n2)cc1.COC(=O)c1ccc(-c2nc(NCc3ccc(Cl)c(Cl)c3)c3cc(Cl)sc3n2)cc1. The van der Waals surface area contributed by atoms with Crippen LogP contribution in [0.4, 0.5) is 5.82 Å². The summed E-state index contributed by atoms with van der Waals surface area (Å²) >= 11 is 33.2. The average molecular weight is 818 g/mol. The van der Waals surface area contributed by atoms with E-state index in [9.17, 15) is 9.59 Å². The van der Waals surface area contributed by atoms with Gasteiger partial charge in [0, 0.05) is 17.7 Å². The molecule has 9 nitrogen and oxygen atoms in total. The highest BCUT2D eigenvalue weighted by Gasteiger charge is 2.15. The van der Waals surface area contributed by atoms with Crippen LogP contribution in [0.15, 0.2) is 78.9 Å². The number of aromatic nitrogens is 4. The van der Waals surface area contributed by atoms with Crippen molar-refractivity contribution in [2.24, 2.45) is 0 Å². The number of fused-ring (bicyclic) bond motifs is 2. The highest BCUT2D eigenvalue weighted by Crippen LogP contribution is 2.35. The van der Waals surface area contributed by atoms with Crippen molar-refractivity contribution < 1.29 is 19.1 Å². The van der Waals surface area contributed by atoms with E-state index in [-0.39, 0.29) is 5.97 Å². The number of anilines is 1. The van der Waals surface area contributed by atoms with Gasteiger partial charge in [-0.2, -0.15) is 0 Å². The normalized spacial score (nSPS) is 10.9. The van der Waals surface area contributed by atoms with Crippen molar-refractivity contribution in [2.75, 3.05) is 19.5 Å². The van der Waals surface area contributed by atoms with Gasteiger partial charge in [0.05, 0.1) is 54.8 Å². The molecule has 0 unspecified atom stereocenters. The minimum Gasteiger partial charge on any atom is -0.465 e. The lowest BCUT2D eigenvalue weighted by molar-refractivity contribution is 0.0592. The number of nitrogens with one attached hydrogen (secondary N) is 1. The first-order valence-electron chi connectivity index (χ1n) is 14.7. The Labute approximate surface area is 324 Å². The molecule has 1 N–H and O–H groups in total. The largest absolute Gasteiger partial charge is 0.465 e. The molecule has 7 aromatic rings. The number of esters is 2. The number of carbonyl (C=O) groups excluding carboxylic acids is 2. The van der Waals surface area contributed by atoms with Crippen LogP contribution >= 0.6 is 80.7 Å². The summed E-state index contributed by atoms with van der Waals surface area (Å²) in [4.78, 5) is 42.6. The van der Waals surface area contributed by atoms with Crippen molar-refractivity contribution in [1.82, 2.24) is 19.9 Å². The summed E-state index contributed by atoms with van der Waals surface area (Å²) < 4.78 is 10.6. The summed E-state index contributed by atoms with van der Waals surface area (Å²) in [6.45, 7) is 0.497. The molecule has 258 valence electrons. The second-order valence-electron chi connectivity index (χ2n) is 10.5. The van der Waals surface area contributed by atoms with E-state index in [0.29, 0.717) is 59.0 Å². The number of halogens is 5.